The highest BCUT2D eigenvalue weighted by Crippen LogP contribution is 2.13. The van der Waals surface area contributed by atoms with Gasteiger partial charge in [-0.05, 0) is 11.6 Å². The molecular weight excluding hydrogens is 168 g/mol. The van der Waals surface area contributed by atoms with Crippen molar-refractivity contribution in [3.8, 4) is 0 Å². The highest BCUT2D eigenvalue weighted by molar-refractivity contribution is 5.74. The molecule has 0 aromatic carbocycles. The summed E-state index contributed by atoms with van der Waals surface area (Å²) in [5.41, 5.74) is 1.99. The smallest absolute Gasteiger partial charge is 0.321 e. The number of nitrogens with zero attached hydrogens (tertiary/aromatic N) is 1. The number of aromatic nitrogens is 1. The molecule has 4 heteroatoms. The Morgan fingerprint density at radius 1 is 1.69 bits per heavy atom. The first kappa shape index (κ1) is 8.19. The Kier molecular flexibility index (Phi) is 1.98. The largest absolute Gasteiger partial charge is 0.480 e. The lowest BCUT2D eigenvalue weighted by Crippen LogP contribution is -2.41. The minimum absolute atomic E-state index is 0.461. The van der Waals surface area contributed by atoms with Gasteiger partial charge in [0.1, 0.15) is 6.04 Å². The lowest BCUT2D eigenvalue weighted by atomic mass is 10.0. The molecule has 0 saturated carbocycles. The van der Waals surface area contributed by atoms with Crippen molar-refractivity contribution in [2.24, 2.45) is 0 Å². The third kappa shape index (κ3) is 1.53. The molecule has 4 nitrogen and oxygen atoms in total. The summed E-state index contributed by atoms with van der Waals surface area (Å²) in [7, 11) is 0. The van der Waals surface area contributed by atoms with Crippen LogP contribution in [0.3, 0.4) is 0 Å². The molecular formula is C9H10N2O2. The van der Waals surface area contributed by atoms with Crippen LogP contribution in [-0.4, -0.2) is 22.1 Å². The molecule has 0 radical (unpaired) electrons. The molecule has 2 heterocycles. The number of hydrogen-bond acceptors (Lipinski definition) is 3. The van der Waals surface area contributed by atoms with Crippen molar-refractivity contribution in [2.45, 2.75) is 19.0 Å². The molecule has 0 spiro atoms. The molecule has 2 rings (SSSR count). The predicted molar refractivity (Wildman–Crippen MR) is 46.2 cm³/mol. The van der Waals surface area contributed by atoms with Gasteiger partial charge in [0.15, 0.2) is 0 Å². The van der Waals surface area contributed by atoms with E-state index in [1.54, 1.807) is 6.20 Å². The summed E-state index contributed by atoms with van der Waals surface area (Å²) in [5.74, 6) is -0.797. The Balaban J connectivity index is 2.24. The number of rotatable bonds is 1. The average Bonchev–Trinajstić information content (AvgIpc) is 2.17. The van der Waals surface area contributed by atoms with Gasteiger partial charge in [-0.1, -0.05) is 6.07 Å². The zero-order valence-corrected chi connectivity index (χ0v) is 7.03. The molecule has 0 bridgehead atoms. The number of nitrogens with one attached hydrogen (secondary N) is 1. The summed E-state index contributed by atoms with van der Waals surface area (Å²) in [5, 5.41) is 11.7. The normalized spacial score (nSPS) is 20.8. The van der Waals surface area contributed by atoms with Crippen LogP contribution in [0.25, 0.3) is 0 Å². The summed E-state index contributed by atoms with van der Waals surface area (Å²) in [6.45, 7) is 0.549. The third-order valence-electron chi connectivity index (χ3n) is 2.22. The average molecular weight is 178 g/mol. The second kappa shape index (κ2) is 3.14. The highest BCUT2D eigenvalue weighted by Gasteiger charge is 2.23. The van der Waals surface area contributed by atoms with Crippen LogP contribution in [0, 0.1) is 0 Å². The monoisotopic (exact) mass is 178 g/mol. The van der Waals surface area contributed by atoms with Gasteiger partial charge in [-0.2, -0.15) is 0 Å². The van der Waals surface area contributed by atoms with Crippen LogP contribution in [0.5, 0.6) is 0 Å². The predicted octanol–water partition coefficient (Wildman–Crippen LogP) is 0.181. The molecule has 0 fully saturated rings. The molecule has 1 aliphatic rings. The molecule has 1 aromatic heterocycles. The number of fused-ring (bicyclic) bond motifs is 1. The third-order valence-corrected chi connectivity index (χ3v) is 2.22. The number of carboxylic acids is 1. The summed E-state index contributed by atoms with van der Waals surface area (Å²) in [4.78, 5) is 14.8. The van der Waals surface area contributed by atoms with Crippen molar-refractivity contribution in [1.82, 2.24) is 10.3 Å². The maximum atomic E-state index is 10.7. The summed E-state index contributed by atoms with van der Waals surface area (Å²) < 4.78 is 0. The molecule has 68 valence electrons. The zero-order valence-electron chi connectivity index (χ0n) is 7.03. The van der Waals surface area contributed by atoms with Crippen molar-refractivity contribution in [1.29, 1.82) is 0 Å². The summed E-state index contributed by atoms with van der Waals surface area (Å²) >= 11 is 0. The van der Waals surface area contributed by atoms with Crippen LogP contribution < -0.4 is 5.32 Å². The maximum Gasteiger partial charge on any atom is 0.321 e. The van der Waals surface area contributed by atoms with Gasteiger partial charge in [0.25, 0.3) is 0 Å². The van der Waals surface area contributed by atoms with Crippen molar-refractivity contribution in [3.05, 3.63) is 29.6 Å². The second-order valence-electron chi connectivity index (χ2n) is 3.09. The van der Waals surface area contributed by atoms with E-state index in [1.165, 1.54) is 0 Å². The first-order valence-corrected chi connectivity index (χ1v) is 4.16. The van der Waals surface area contributed by atoms with Crippen LogP contribution in [-0.2, 0) is 17.8 Å². The topological polar surface area (TPSA) is 62.2 Å². The molecule has 13 heavy (non-hydrogen) atoms. The van der Waals surface area contributed by atoms with Gasteiger partial charge in [0, 0.05) is 19.2 Å². The van der Waals surface area contributed by atoms with Crippen LogP contribution in [0.15, 0.2) is 18.3 Å². The maximum absolute atomic E-state index is 10.7. The van der Waals surface area contributed by atoms with E-state index in [4.69, 9.17) is 5.11 Å². The van der Waals surface area contributed by atoms with Crippen LogP contribution >= 0.6 is 0 Å². The van der Waals surface area contributed by atoms with Crippen molar-refractivity contribution >= 4 is 5.97 Å². The minimum Gasteiger partial charge on any atom is -0.480 e. The second-order valence-corrected chi connectivity index (χ2v) is 3.09. The Hall–Kier alpha value is -1.42. The van der Waals surface area contributed by atoms with Crippen LogP contribution in [0.2, 0.25) is 0 Å². The Morgan fingerprint density at radius 2 is 2.54 bits per heavy atom. The number of aliphatic carboxylic acids is 1. The summed E-state index contributed by atoms with van der Waals surface area (Å²) in [6.07, 6.45) is 2.25. The Labute approximate surface area is 75.6 Å². The molecule has 0 amide bonds. The fourth-order valence-corrected chi connectivity index (χ4v) is 1.50. The van der Waals surface area contributed by atoms with Gasteiger partial charge in [-0.15, -0.1) is 0 Å². The van der Waals surface area contributed by atoms with E-state index in [9.17, 15) is 4.79 Å². The minimum atomic E-state index is -0.797. The first-order valence-electron chi connectivity index (χ1n) is 4.16. The molecule has 0 aliphatic carbocycles. The number of hydrogen-bond donors (Lipinski definition) is 2. The molecule has 1 atom stereocenters. The van der Waals surface area contributed by atoms with E-state index in [-0.39, 0.29) is 0 Å². The van der Waals surface area contributed by atoms with Crippen molar-refractivity contribution in [2.75, 3.05) is 0 Å². The quantitative estimate of drug-likeness (QED) is 0.644. The van der Waals surface area contributed by atoms with E-state index in [1.807, 2.05) is 12.1 Å². The van der Waals surface area contributed by atoms with E-state index < -0.39 is 12.0 Å². The fourth-order valence-electron chi connectivity index (χ4n) is 1.50. The van der Waals surface area contributed by atoms with Gasteiger partial charge < -0.3 is 5.11 Å². The van der Waals surface area contributed by atoms with Gasteiger partial charge in [0.2, 0.25) is 0 Å². The standard InChI is InChI=1S/C9H10N2O2/c12-9(13)7-4-6-2-1-3-10-8(6)5-11-7/h1-3,7,11H,4-5H2,(H,12,13)/t7-/m1/s1. The fraction of sp³-hybridized carbons (Fsp3) is 0.333. The van der Waals surface area contributed by atoms with Gasteiger partial charge in [0.05, 0.1) is 5.69 Å². The lowest BCUT2D eigenvalue weighted by Gasteiger charge is -2.21. The number of carbonyl (C=O) groups is 1. The van der Waals surface area contributed by atoms with Crippen LogP contribution in [0.1, 0.15) is 11.3 Å². The molecule has 0 saturated heterocycles. The lowest BCUT2D eigenvalue weighted by molar-refractivity contribution is -0.139. The number of pyridine rings is 1. The molecule has 0 unspecified atom stereocenters. The highest BCUT2D eigenvalue weighted by atomic mass is 16.4. The Morgan fingerprint density at radius 3 is 3.31 bits per heavy atom. The van der Waals surface area contributed by atoms with Gasteiger partial charge in [-0.25, -0.2) is 0 Å². The first-order chi connectivity index (χ1) is 6.27. The van der Waals surface area contributed by atoms with E-state index in [0.29, 0.717) is 13.0 Å². The van der Waals surface area contributed by atoms with Crippen molar-refractivity contribution < 1.29 is 9.90 Å². The van der Waals surface area contributed by atoms with Gasteiger partial charge in [-0.3, -0.25) is 15.1 Å². The van der Waals surface area contributed by atoms with E-state index in [2.05, 4.69) is 10.3 Å². The van der Waals surface area contributed by atoms with Crippen molar-refractivity contribution in [3.63, 3.8) is 0 Å². The van der Waals surface area contributed by atoms with Gasteiger partial charge >= 0.3 is 5.97 Å². The molecule has 2 N–H and O–H groups in total. The number of carboxylic acid groups (broad SMARTS) is 1. The van der Waals surface area contributed by atoms with E-state index in [0.717, 1.165) is 11.3 Å². The zero-order chi connectivity index (χ0) is 9.26. The molecule has 1 aromatic rings. The summed E-state index contributed by atoms with van der Waals surface area (Å²) in [6, 6.07) is 3.30. The van der Waals surface area contributed by atoms with E-state index >= 15 is 0 Å². The molecule has 1 aliphatic heterocycles. The van der Waals surface area contributed by atoms with Crippen LogP contribution in [0.4, 0.5) is 0 Å². The Bertz CT molecular complexity index is 338. The SMILES string of the molecule is O=C(O)[C@H]1Cc2cccnc2CN1.